The third-order valence-corrected chi connectivity index (χ3v) is 4.51. The SMILES string of the molecule is CC(C)(C)n1nnnc1SCC(=O)N1CCCCCCC1. The molecule has 0 aliphatic carbocycles. The zero-order valence-electron chi connectivity index (χ0n) is 13.2. The highest BCUT2D eigenvalue weighted by Gasteiger charge is 2.22. The first-order valence-corrected chi connectivity index (χ1v) is 8.66. The molecular formula is C14H25N5OS. The van der Waals surface area contributed by atoms with E-state index in [2.05, 4.69) is 15.5 Å². The highest BCUT2D eigenvalue weighted by Crippen LogP contribution is 2.22. The van der Waals surface area contributed by atoms with Crippen LogP contribution in [0.2, 0.25) is 0 Å². The van der Waals surface area contributed by atoms with Gasteiger partial charge in [-0.05, 0) is 44.0 Å². The van der Waals surface area contributed by atoms with E-state index in [0.717, 1.165) is 25.9 Å². The molecule has 118 valence electrons. The van der Waals surface area contributed by atoms with Crippen molar-refractivity contribution in [1.29, 1.82) is 0 Å². The maximum Gasteiger partial charge on any atom is 0.233 e. The maximum atomic E-state index is 12.3. The summed E-state index contributed by atoms with van der Waals surface area (Å²) in [7, 11) is 0. The lowest BCUT2D eigenvalue weighted by atomic mass is 10.1. The topological polar surface area (TPSA) is 63.9 Å². The van der Waals surface area contributed by atoms with Crippen LogP contribution in [0.1, 0.15) is 52.9 Å². The van der Waals surface area contributed by atoms with E-state index in [1.165, 1.54) is 31.0 Å². The van der Waals surface area contributed by atoms with Gasteiger partial charge >= 0.3 is 0 Å². The van der Waals surface area contributed by atoms with Crippen molar-refractivity contribution in [2.24, 2.45) is 0 Å². The van der Waals surface area contributed by atoms with Crippen LogP contribution in [0, 0.1) is 0 Å². The van der Waals surface area contributed by atoms with E-state index >= 15 is 0 Å². The highest BCUT2D eigenvalue weighted by atomic mass is 32.2. The largest absolute Gasteiger partial charge is 0.342 e. The van der Waals surface area contributed by atoms with Gasteiger partial charge in [-0.15, -0.1) is 5.10 Å². The van der Waals surface area contributed by atoms with Gasteiger partial charge < -0.3 is 4.90 Å². The minimum absolute atomic E-state index is 0.171. The predicted octanol–water partition coefficient (Wildman–Crippen LogP) is 2.31. The molecule has 1 aromatic heterocycles. The summed E-state index contributed by atoms with van der Waals surface area (Å²) in [6.07, 6.45) is 6.02. The number of aromatic nitrogens is 4. The molecule has 0 unspecified atom stereocenters. The predicted molar refractivity (Wildman–Crippen MR) is 83.2 cm³/mol. The Morgan fingerprint density at radius 1 is 1.14 bits per heavy atom. The van der Waals surface area contributed by atoms with E-state index in [-0.39, 0.29) is 11.4 Å². The van der Waals surface area contributed by atoms with Crippen LogP contribution in [0.4, 0.5) is 0 Å². The van der Waals surface area contributed by atoms with E-state index in [9.17, 15) is 4.79 Å². The Morgan fingerprint density at radius 2 is 1.76 bits per heavy atom. The molecule has 0 spiro atoms. The zero-order valence-corrected chi connectivity index (χ0v) is 14.0. The molecule has 1 fully saturated rings. The number of likely N-dealkylation sites (tertiary alicyclic amines) is 1. The molecular weight excluding hydrogens is 286 g/mol. The molecule has 1 aliphatic heterocycles. The van der Waals surface area contributed by atoms with Crippen molar-refractivity contribution in [3.8, 4) is 0 Å². The van der Waals surface area contributed by atoms with Gasteiger partial charge in [-0.25, -0.2) is 4.68 Å². The molecule has 2 rings (SSSR count). The maximum absolute atomic E-state index is 12.3. The van der Waals surface area contributed by atoms with Gasteiger partial charge in [-0.1, -0.05) is 31.0 Å². The summed E-state index contributed by atoms with van der Waals surface area (Å²) in [6.45, 7) is 7.93. The molecule has 0 bridgehead atoms. The van der Waals surface area contributed by atoms with E-state index in [4.69, 9.17) is 0 Å². The molecule has 21 heavy (non-hydrogen) atoms. The first kappa shape index (κ1) is 16.3. The molecule has 0 radical (unpaired) electrons. The van der Waals surface area contributed by atoms with Crippen LogP contribution in [0.5, 0.6) is 0 Å². The highest BCUT2D eigenvalue weighted by molar-refractivity contribution is 7.99. The van der Waals surface area contributed by atoms with Gasteiger partial charge in [0.15, 0.2) is 0 Å². The minimum atomic E-state index is -0.171. The number of thioether (sulfide) groups is 1. The Labute approximate surface area is 130 Å². The van der Waals surface area contributed by atoms with Gasteiger partial charge in [0.05, 0.1) is 11.3 Å². The number of amides is 1. The van der Waals surface area contributed by atoms with Crippen molar-refractivity contribution in [2.45, 2.75) is 63.6 Å². The van der Waals surface area contributed by atoms with Crippen molar-refractivity contribution >= 4 is 17.7 Å². The van der Waals surface area contributed by atoms with Crippen molar-refractivity contribution in [2.75, 3.05) is 18.8 Å². The summed E-state index contributed by atoms with van der Waals surface area (Å²) in [5.74, 6) is 0.613. The van der Waals surface area contributed by atoms with E-state index < -0.39 is 0 Å². The summed E-state index contributed by atoms with van der Waals surface area (Å²) in [4.78, 5) is 14.3. The van der Waals surface area contributed by atoms with Crippen LogP contribution >= 0.6 is 11.8 Å². The molecule has 0 atom stereocenters. The average molecular weight is 311 g/mol. The molecule has 1 saturated heterocycles. The third kappa shape index (κ3) is 4.69. The first-order chi connectivity index (χ1) is 9.98. The van der Waals surface area contributed by atoms with Crippen LogP contribution in [0.3, 0.4) is 0 Å². The van der Waals surface area contributed by atoms with E-state index in [0.29, 0.717) is 10.9 Å². The summed E-state index contributed by atoms with van der Waals surface area (Å²) < 4.78 is 1.78. The molecule has 0 aromatic carbocycles. The van der Waals surface area contributed by atoms with Gasteiger partial charge in [0.2, 0.25) is 11.1 Å². The van der Waals surface area contributed by atoms with Gasteiger partial charge in [0.25, 0.3) is 0 Å². The number of rotatable bonds is 3. The fourth-order valence-corrected chi connectivity index (χ4v) is 3.37. The number of hydrogen-bond donors (Lipinski definition) is 0. The fraction of sp³-hybridized carbons (Fsp3) is 0.857. The van der Waals surface area contributed by atoms with Crippen molar-refractivity contribution in [1.82, 2.24) is 25.1 Å². The van der Waals surface area contributed by atoms with Crippen LogP contribution < -0.4 is 0 Å². The van der Waals surface area contributed by atoms with Crippen LogP contribution in [-0.4, -0.2) is 49.9 Å². The van der Waals surface area contributed by atoms with E-state index in [1.807, 2.05) is 25.7 Å². The Kier molecular flexibility index (Phi) is 5.61. The monoisotopic (exact) mass is 311 g/mol. The van der Waals surface area contributed by atoms with Crippen molar-refractivity contribution in [3.63, 3.8) is 0 Å². The Morgan fingerprint density at radius 3 is 2.38 bits per heavy atom. The lowest BCUT2D eigenvalue weighted by molar-refractivity contribution is -0.128. The van der Waals surface area contributed by atoms with Gasteiger partial charge in [-0.3, -0.25) is 4.79 Å². The molecule has 1 aromatic rings. The van der Waals surface area contributed by atoms with Gasteiger partial charge in [-0.2, -0.15) is 0 Å². The summed E-state index contributed by atoms with van der Waals surface area (Å²) in [5, 5.41) is 12.5. The smallest absolute Gasteiger partial charge is 0.233 e. The standard InChI is InChI=1S/C14H25N5OS/c1-14(2,3)19-13(15-16-17-19)21-11-12(20)18-9-7-5-4-6-8-10-18/h4-11H2,1-3H3. The number of nitrogens with zero attached hydrogens (tertiary/aromatic N) is 5. The lowest BCUT2D eigenvalue weighted by Crippen LogP contribution is -2.35. The molecule has 1 aliphatic rings. The number of carbonyl (C=O) groups excluding carboxylic acids is 1. The second-order valence-corrected chi connectivity index (χ2v) is 7.42. The quantitative estimate of drug-likeness (QED) is 0.802. The van der Waals surface area contributed by atoms with Crippen LogP contribution in [0.25, 0.3) is 0 Å². The second kappa shape index (κ2) is 7.24. The van der Waals surface area contributed by atoms with E-state index in [1.54, 1.807) is 4.68 Å². The molecule has 0 saturated carbocycles. The normalized spacial score (nSPS) is 17.4. The summed E-state index contributed by atoms with van der Waals surface area (Å²) in [6, 6.07) is 0. The Bertz CT molecular complexity index is 460. The molecule has 2 heterocycles. The number of hydrogen-bond acceptors (Lipinski definition) is 5. The Balaban J connectivity index is 1.90. The number of tetrazole rings is 1. The number of carbonyl (C=O) groups is 1. The Hall–Kier alpha value is -1.11. The van der Waals surface area contributed by atoms with Crippen LogP contribution in [0.15, 0.2) is 5.16 Å². The van der Waals surface area contributed by atoms with Crippen molar-refractivity contribution < 1.29 is 4.79 Å². The third-order valence-electron chi connectivity index (χ3n) is 3.61. The molecule has 1 amide bonds. The van der Waals surface area contributed by atoms with Gasteiger partial charge in [0.1, 0.15) is 0 Å². The summed E-state index contributed by atoms with van der Waals surface area (Å²) in [5.41, 5.74) is -0.171. The second-order valence-electron chi connectivity index (χ2n) is 6.48. The zero-order chi connectivity index (χ0) is 15.3. The minimum Gasteiger partial charge on any atom is -0.342 e. The van der Waals surface area contributed by atoms with Gasteiger partial charge in [0, 0.05) is 13.1 Å². The fourth-order valence-electron chi connectivity index (χ4n) is 2.40. The summed E-state index contributed by atoms with van der Waals surface area (Å²) >= 11 is 1.43. The van der Waals surface area contributed by atoms with Crippen LogP contribution in [-0.2, 0) is 10.3 Å². The lowest BCUT2D eigenvalue weighted by Gasteiger charge is -2.25. The molecule has 6 nitrogen and oxygen atoms in total. The van der Waals surface area contributed by atoms with Crippen molar-refractivity contribution in [3.05, 3.63) is 0 Å². The molecule has 0 N–H and O–H groups in total. The molecule has 7 heteroatoms. The average Bonchev–Trinajstić information content (AvgIpc) is 2.83. The first-order valence-electron chi connectivity index (χ1n) is 7.68.